The maximum absolute atomic E-state index is 5.96. The predicted octanol–water partition coefficient (Wildman–Crippen LogP) is 1.61. The topological polar surface area (TPSA) is 43.8 Å². The van der Waals surface area contributed by atoms with Crippen molar-refractivity contribution in [3.63, 3.8) is 0 Å². The molecule has 0 fully saturated rings. The lowest BCUT2D eigenvalue weighted by atomic mass is 10.2. The molecule has 76 valence electrons. The third-order valence-corrected chi connectivity index (χ3v) is 2.21. The van der Waals surface area contributed by atoms with E-state index in [1.165, 1.54) is 0 Å². The molecule has 1 aromatic rings. The van der Waals surface area contributed by atoms with Crippen molar-refractivity contribution < 1.29 is 0 Å². The molecule has 3 heteroatoms. The third kappa shape index (κ3) is 1.90. The van der Waals surface area contributed by atoms with Gasteiger partial charge >= 0.3 is 0 Å². The molecule has 14 heavy (non-hydrogen) atoms. The molecular weight excluding hydrogens is 174 g/mol. The molecular formula is C11H17N3. The van der Waals surface area contributed by atoms with Crippen LogP contribution in [-0.2, 0) is 19.4 Å². The van der Waals surface area contributed by atoms with Crippen LogP contribution in [0.1, 0.15) is 31.8 Å². The third-order valence-electron chi connectivity index (χ3n) is 2.21. The van der Waals surface area contributed by atoms with Crippen LogP contribution in [0.25, 0.3) is 0 Å². The van der Waals surface area contributed by atoms with Crippen LogP contribution < -0.4 is 5.73 Å². The largest absolute Gasteiger partial charge is 0.384 e. The minimum atomic E-state index is 0.520. The molecule has 0 amide bonds. The number of hydrogen-bond acceptors (Lipinski definition) is 2. The Morgan fingerprint density at radius 1 is 1.50 bits per heavy atom. The van der Waals surface area contributed by atoms with Crippen LogP contribution in [0.3, 0.4) is 0 Å². The molecule has 0 spiro atoms. The van der Waals surface area contributed by atoms with E-state index in [9.17, 15) is 0 Å². The summed E-state index contributed by atoms with van der Waals surface area (Å²) in [6.07, 6.45) is 8.14. The van der Waals surface area contributed by atoms with Crippen LogP contribution in [0.15, 0.2) is 0 Å². The van der Waals surface area contributed by atoms with Crippen LogP contribution in [0.5, 0.6) is 0 Å². The number of nitrogens with zero attached hydrogens (tertiary/aromatic N) is 2. The molecule has 2 N–H and O–H groups in total. The molecule has 0 aliphatic rings. The van der Waals surface area contributed by atoms with E-state index in [0.717, 1.165) is 36.6 Å². The number of nitrogen functional groups attached to an aromatic ring is 1. The number of terminal acetylenes is 1. The molecule has 3 nitrogen and oxygen atoms in total. The summed E-state index contributed by atoms with van der Waals surface area (Å²) in [7, 11) is 0. The SMILES string of the molecule is C#CCn1c(CC)nc(CCC)c1N. The Morgan fingerprint density at radius 3 is 2.71 bits per heavy atom. The summed E-state index contributed by atoms with van der Waals surface area (Å²) < 4.78 is 1.92. The van der Waals surface area contributed by atoms with Gasteiger partial charge in [-0.2, -0.15) is 0 Å². The van der Waals surface area contributed by atoms with E-state index in [-0.39, 0.29) is 0 Å². The Kier molecular flexibility index (Phi) is 3.58. The maximum Gasteiger partial charge on any atom is 0.127 e. The van der Waals surface area contributed by atoms with E-state index in [1.807, 2.05) is 4.57 Å². The van der Waals surface area contributed by atoms with E-state index in [1.54, 1.807) is 0 Å². The molecule has 0 saturated carbocycles. The highest BCUT2D eigenvalue weighted by Gasteiger charge is 2.11. The van der Waals surface area contributed by atoms with Crippen LogP contribution in [0, 0.1) is 12.3 Å². The van der Waals surface area contributed by atoms with Crippen molar-refractivity contribution in [2.75, 3.05) is 5.73 Å². The second-order valence-electron chi connectivity index (χ2n) is 3.25. The molecule has 0 radical (unpaired) electrons. The predicted molar refractivity (Wildman–Crippen MR) is 58.8 cm³/mol. The van der Waals surface area contributed by atoms with E-state index < -0.39 is 0 Å². The number of aromatic nitrogens is 2. The Bertz CT molecular complexity index is 344. The van der Waals surface area contributed by atoms with Crippen LogP contribution >= 0.6 is 0 Å². The van der Waals surface area contributed by atoms with Crippen LogP contribution in [0.2, 0.25) is 0 Å². The van der Waals surface area contributed by atoms with Crippen molar-refractivity contribution in [2.24, 2.45) is 0 Å². The number of anilines is 1. The highest BCUT2D eigenvalue weighted by Crippen LogP contribution is 2.16. The van der Waals surface area contributed by atoms with E-state index in [2.05, 4.69) is 24.8 Å². The maximum atomic E-state index is 5.96. The number of hydrogen-bond donors (Lipinski definition) is 1. The van der Waals surface area contributed by atoms with Gasteiger partial charge in [-0.25, -0.2) is 4.98 Å². The zero-order valence-electron chi connectivity index (χ0n) is 8.88. The number of imidazole rings is 1. The smallest absolute Gasteiger partial charge is 0.127 e. The summed E-state index contributed by atoms with van der Waals surface area (Å²) in [6.45, 7) is 4.70. The second-order valence-corrected chi connectivity index (χ2v) is 3.25. The molecule has 0 unspecified atom stereocenters. The first-order chi connectivity index (χ1) is 6.74. The van der Waals surface area contributed by atoms with Gasteiger partial charge in [0.2, 0.25) is 0 Å². The van der Waals surface area contributed by atoms with Crippen molar-refractivity contribution in [3.05, 3.63) is 11.5 Å². The standard InChI is InChI=1S/C11H17N3/c1-4-7-9-11(12)14(8-5-2)10(6-3)13-9/h2H,4,6-8,12H2,1,3H3. The summed E-state index contributed by atoms with van der Waals surface area (Å²) in [5.41, 5.74) is 6.94. The van der Waals surface area contributed by atoms with Crippen LogP contribution in [-0.4, -0.2) is 9.55 Å². The molecule has 0 atom stereocenters. The van der Waals surface area contributed by atoms with Gasteiger partial charge in [0.15, 0.2) is 0 Å². The fraction of sp³-hybridized carbons (Fsp3) is 0.545. The van der Waals surface area contributed by atoms with Gasteiger partial charge < -0.3 is 10.3 Å². The zero-order chi connectivity index (χ0) is 10.6. The average Bonchev–Trinajstić information content (AvgIpc) is 2.47. The Hall–Kier alpha value is -1.43. The minimum absolute atomic E-state index is 0.520. The van der Waals surface area contributed by atoms with Crippen molar-refractivity contribution in [1.82, 2.24) is 9.55 Å². The first-order valence-electron chi connectivity index (χ1n) is 5.01. The lowest BCUT2D eigenvalue weighted by molar-refractivity contribution is 0.769. The van der Waals surface area contributed by atoms with Gasteiger partial charge in [0.25, 0.3) is 0 Å². The molecule has 0 bridgehead atoms. The average molecular weight is 191 g/mol. The summed E-state index contributed by atoms with van der Waals surface area (Å²) in [5, 5.41) is 0. The summed E-state index contributed by atoms with van der Waals surface area (Å²) in [4.78, 5) is 4.48. The highest BCUT2D eigenvalue weighted by atomic mass is 15.1. The van der Waals surface area contributed by atoms with Gasteiger partial charge in [-0.1, -0.05) is 26.2 Å². The number of aryl methyl sites for hydroxylation is 2. The first-order valence-corrected chi connectivity index (χ1v) is 5.01. The first kappa shape index (κ1) is 10.6. The van der Waals surface area contributed by atoms with Gasteiger partial charge in [-0.05, 0) is 6.42 Å². The quantitative estimate of drug-likeness (QED) is 0.735. The zero-order valence-corrected chi connectivity index (χ0v) is 8.88. The summed E-state index contributed by atoms with van der Waals surface area (Å²) in [6, 6.07) is 0. The van der Waals surface area contributed by atoms with Crippen molar-refractivity contribution >= 4 is 5.82 Å². The summed E-state index contributed by atoms with van der Waals surface area (Å²) >= 11 is 0. The monoisotopic (exact) mass is 191 g/mol. The van der Waals surface area contributed by atoms with E-state index >= 15 is 0 Å². The normalized spacial score (nSPS) is 10.1. The molecule has 0 aliphatic heterocycles. The van der Waals surface area contributed by atoms with Gasteiger partial charge in [-0.3, -0.25) is 0 Å². The fourth-order valence-corrected chi connectivity index (χ4v) is 1.53. The van der Waals surface area contributed by atoms with Crippen molar-refractivity contribution in [3.8, 4) is 12.3 Å². The minimum Gasteiger partial charge on any atom is -0.384 e. The Morgan fingerprint density at radius 2 is 2.21 bits per heavy atom. The fourth-order valence-electron chi connectivity index (χ4n) is 1.53. The number of rotatable bonds is 4. The molecule has 1 heterocycles. The van der Waals surface area contributed by atoms with Crippen molar-refractivity contribution in [2.45, 2.75) is 39.7 Å². The van der Waals surface area contributed by atoms with E-state index in [0.29, 0.717) is 6.54 Å². The molecule has 0 aliphatic carbocycles. The van der Waals surface area contributed by atoms with E-state index in [4.69, 9.17) is 12.2 Å². The summed E-state index contributed by atoms with van der Waals surface area (Å²) in [5.74, 6) is 4.33. The molecule has 1 rings (SSSR count). The highest BCUT2D eigenvalue weighted by molar-refractivity contribution is 5.39. The Balaban J connectivity index is 3.06. The Labute approximate surface area is 85.3 Å². The second kappa shape index (κ2) is 4.71. The van der Waals surface area contributed by atoms with Crippen molar-refractivity contribution in [1.29, 1.82) is 0 Å². The van der Waals surface area contributed by atoms with Gasteiger partial charge in [0.05, 0.1) is 12.2 Å². The van der Waals surface area contributed by atoms with Crippen LogP contribution in [0.4, 0.5) is 5.82 Å². The van der Waals surface area contributed by atoms with Gasteiger partial charge in [0, 0.05) is 6.42 Å². The molecule has 1 aromatic heterocycles. The van der Waals surface area contributed by atoms with Gasteiger partial charge in [-0.15, -0.1) is 6.42 Å². The molecule has 0 aromatic carbocycles. The van der Waals surface area contributed by atoms with Gasteiger partial charge in [0.1, 0.15) is 11.6 Å². The lowest BCUT2D eigenvalue weighted by Crippen LogP contribution is -2.05. The number of nitrogens with two attached hydrogens (primary N) is 1. The lowest BCUT2D eigenvalue weighted by Gasteiger charge is -2.03. The molecule has 0 saturated heterocycles.